The second-order valence-corrected chi connectivity index (χ2v) is 6.43. The molecule has 4 rings (SSSR count). The maximum atomic E-state index is 13.4. The van der Waals surface area contributed by atoms with E-state index in [1.165, 1.54) is 18.5 Å². The van der Waals surface area contributed by atoms with E-state index in [1.807, 2.05) is 0 Å². The number of benzene rings is 1. The van der Waals surface area contributed by atoms with Crippen molar-refractivity contribution in [2.45, 2.75) is 31.1 Å². The van der Waals surface area contributed by atoms with Crippen LogP contribution in [-0.4, -0.2) is 39.9 Å². The number of fused-ring (bicyclic) bond motifs is 1. The summed E-state index contributed by atoms with van der Waals surface area (Å²) in [5, 5.41) is 6.51. The Morgan fingerprint density at radius 3 is 2.84 bits per heavy atom. The summed E-state index contributed by atoms with van der Waals surface area (Å²) in [5.41, 5.74) is 1.06. The molecule has 0 bridgehead atoms. The van der Waals surface area contributed by atoms with Crippen molar-refractivity contribution in [3.8, 4) is 0 Å². The van der Waals surface area contributed by atoms with Gasteiger partial charge in [0.1, 0.15) is 5.82 Å². The molecule has 0 spiro atoms. The van der Waals surface area contributed by atoms with Crippen LogP contribution in [0.1, 0.15) is 42.5 Å². The number of amides is 2. The molecule has 25 heavy (non-hydrogen) atoms. The van der Waals surface area contributed by atoms with Crippen LogP contribution < -0.4 is 5.32 Å². The molecule has 0 saturated carbocycles. The second-order valence-electron chi connectivity index (χ2n) is 6.43. The highest BCUT2D eigenvalue weighted by atomic mass is 19.1. The quantitative estimate of drug-likeness (QED) is 0.901. The number of nitrogens with zero attached hydrogens (tertiary/aromatic N) is 3. The highest BCUT2D eigenvalue weighted by Crippen LogP contribution is 2.35. The summed E-state index contributed by atoms with van der Waals surface area (Å²) in [5.74, 6) is -0.504. The summed E-state index contributed by atoms with van der Waals surface area (Å²) < 4.78 is 18.2. The van der Waals surface area contributed by atoms with E-state index >= 15 is 0 Å². The van der Waals surface area contributed by atoms with Crippen LogP contribution in [0.5, 0.6) is 0 Å². The zero-order chi connectivity index (χ0) is 17.4. The van der Waals surface area contributed by atoms with E-state index in [-0.39, 0.29) is 24.2 Å². The number of rotatable bonds is 2. The fourth-order valence-electron chi connectivity index (χ4n) is 3.59. The number of aromatic nitrogens is 2. The Kier molecular flexibility index (Phi) is 3.95. The summed E-state index contributed by atoms with van der Waals surface area (Å²) >= 11 is 0. The molecular formula is C17H17FN4O3. The minimum atomic E-state index is -0.564. The molecule has 8 heteroatoms. The Balaban J connectivity index is 1.49. The molecule has 130 valence electrons. The highest BCUT2D eigenvalue weighted by Gasteiger charge is 2.35. The third-order valence-corrected chi connectivity index (χ3v) is 4.90. The Bertz CT molecular complexity index is 800. The predicted octanol–water partition coefficient (Wildman–Crippen LogP) is 2.04. The van der Waals surface area contributed by atoms with Crippen LogP contribution in [0.4, 0.5) is 10.1 Å². The zero-order valence-corrected chi connectivity index (χ0v) is 13.4. The smallest absolute Gasteiger partial charge is 0.230 e. The molecule has 2 aromatic rings. The second kappa shape index (κ2) is 6.27. The number of nitrogens with one attached hydrogen (secondary N) is 1. The summed E-state index contributed by atoms with van der Waals surface area (Å²) in [6.07, 6.45) is 2.90. The molecule has 0 aliphatic carbocycles. The maximum Gasteiger partial charge on any atom is 0.230 e. The number of carbonyl (C=O) groups excluding carboxylic acids is 2. The number of hydrogen-bond donors (Lipinski definition) is 1. The van der Waals surface area contributed by atoms with Crippen molar-refractivity contribution < 1.29 is 18.5 Å². The van der Waals surface area contributed by atoms with Crippen molar-refractivity contribution >= 4 is 17.5 Å². The first kappa shape index (κ1) is 15.7. The number of piperidine rings is 1. The number of halogens is 1. The molecule has 2 aliphatic heterocycles. The van der Waals surface area contributed by atoms with Gasteiger partial charge in [0.2, 0.25) is 18.2 Å². The fourth-order valence-corrected chi connectivity index (χ4v) is 3.59. The summed E-state index contributed by atoms with van der Waals surface area (Å²) in [6.45, 7) is 1.15. The molecule has 0 unspecified atom stereocenters. The van der Waals surface area contributed by atoms with Crippen LogP contribution >= 0.6 is 0 Å². The molecule has 1 fully saturated rings. The van der Waals surface area contributed by atoms with Crippen LogP contribution in [0.15, 0.2) is 29.1 Å². The van der Waals surface area contributed by atoms with Crippen molar-refractivity contribution in [3.63, 3.8) is 0 Å². The topological polar surface area (TPSA) is 88.3 Å². The van der Waals surface area contributed by atoms with Gasteiger partial charge in [-0.3, -0.25) is 9.59 Å². The number of anilines is 1. The zero-order valence-electron chi connectivity index (χ0n) is 13.4. The molecule has 3 heterocycles. The third-order valence-electron chi connectivity index (χ3n) is 4.90. The van der Waals surface area contributed by atoms with Gasteiger partial charge >= 0.3 is 0 Å². The van der Waals surface area contributed by atoms with Crippen LogP contribution in [0.25, 0.3) is 0 Å². The van der Waals surface area contributed by atoms with Crippen LogP contribution in [0.3, 0.4) is 0 Å². The van der Waals surface area contributed by atoms with Gasteiger partial charge in [0.25, 0.3) is 0 Å². The van der Waals surface area contributed by atoms with Gasteiger partial charge < -0.3 is 14.7 Å². The van der Waals surface area contributed by atoms with Crippen LogP contribution in [0.2, 0.25) is 0 Å². The normalized spacial score (nSPS) is 20.9. The van der Waals surface area contributed by atoms with Gasteiger partial charge in [-0.25, -0.2) is 4.39 Å². The van der Waals surface area contributed by atoms with E-state index in [9.17, 15) is 14.0 Å². The van der Waals surface area contributed by atoms with Gasteiger partial charge in [-0.2, -0.15) is 4.98 Å². The van der Waals surface area contributed by atoms with E-state index in [0.29, 0.717) is 30.2 Å². The average molecular weight is 344 g/mol. The Hall–Kier alpha value is -2.77. The Morgan fingerprint density at radius 1 is 1.32 bits per heavy atom. The SMILES string of the molecule is O=C1C[C@@H](C(=O)N2CCC(c3ncon3)CC2)c2ccc(F)cc2N1. The Morgan fingerprint density at radius 2 is 2.12 bits per heavy atom. The predicted molar refractivity (Wildman–Crippen MR) is 85.2 cm³/mol. The lowest BCUT2D eigenvalue weighted by Gasteiger charge is -2.34. The van der Waals surface area contributed by atoms with Crippen LogP contribution in [0, 0.1) is 5.82 Å². The first-order valence-electron chi connectivity index (χ1n) is 8.26. The summed E-state index contributed by atoms with van der Waals surface area (Å²) in [4.78, 5) is 30.7. The van der Waals surface area contributed by atoms with Crippen molar-refractivity contribution in [2.75, 3.05) is 18.4 Å². The molecule has 2 amide bonds. The molecule has 1 saturated heterocycles. The maximum absolute atomic E-state index is 13.4. The number of likely N-dealkylation sites (tertiary alicyclic amines) is 1. The van der Waals surface area contributed by atoms with E-state index in [4.69, 9.17) is 4.52 Å². The first-order chi connectivity index (χ1) is 12.1. The monoisotopic (exact) mass is 344 g/mol. The van der Waals surface area contributed by atoms with E-state index < -0.39 is 11.7 Å². The lowest BCUT2D eigenvalue weighted by Crippen LogP contribution is -2.42. The third kappa shape index (κ3) is 2.99. The first-order valence-corrected chi connectivity index (χ1v) is 8.26. The van der Waals surface area contributed by atoms with Gasteiger partial charge in [-0.15, -0.1) is 0 Å². The molecule has 2 aliphatic rings. The highest BCUT2D eigenvalue weighted by molar-refractivity contribution is 6.01. The summed E-state index contributed by atoms with van der Waals surface area (Å²) in [7, 11) is 0. The van der Waals surface area contributed by atoms with E-state index in [1.54, 1.807) is 11.0 Å². The van der Waals surface area contributed by atoms with Gasteiger partial charge in [0.15, 0.2) is 5.82 Å². The van der Waals surface area contributed by atoms with Crippen molar-refractivity contribution in [2.24, 2.45) is 0 Å². The van der Waals surface area contributed by atoms with Crippen LogP contribution in [-0.2, 0) is 9.59 Å². The number of carbonyl (C=O) groups is 2. The number of hydrogen-bond acceptors (Lipinski definition) is 5. The van der Waals surface area contributed by atoms with Crippen molar-refractivity contribution in [1.29, 1.82) is 0 Å². The lowest BCUT2D eigenvalue weighted by atomic mass is 9.88. The molecule has 1 N–H and O–H groups in total. The molecule has 0 radical (unpaired) electrons. The van der Waals surface area contributed by atoms with Gasteiger partial charge in [-0.05, 0) is 30.5 Å². The summed E-state index contributed by atoms with van der Waals surface area (Å²) in [6, 6.07) is 4.16. The molecule has 1 atom stereocenters. The Labute approximate surface area is 143 Å². The van der Waals surface area contributed by atoms with E-state index in [2.05, 4.69) is 15.5 Å². The van der Waals surface area contributed by atoms with E-state index in [0.717, 1.165) is 12.8 Å². The molecule has 1 aromatic carbocycles. The average Bonchev–Trinajstić information content (AvgIpc) is 3.15. The lowest BCUT2D eigenvalue weighted by molar-refractivity contribution is -0.136. The van der Waals surface area contributed by atoms with Gasteiger partial charge in [0.05, 0.1) is 5.92 Å². The minimum absolute atomic E-state index is 0.0856. The molecule has 1 aromatic heterocycles. The van der Waals surface area contributed by atoms with Gasteiger partial charge in [-0.1, -0.05) is 11.2 Å². The largest absolute Gasteiger partial charge is 0.343 e. The fraction of sp³-hybridized carbons (Fsp3) is 0.412. The van der Waals surface area contributed by atoms with Crippen molar-refractivity contribution in [3.05, 3.63) is 41.8 Å². The van der Waals surface area contributed by atoms with Gasteiger partial charge in [0, 0.05) is 31.1 Å². The van der Waals surface area contributed by atoms with Crippen molar-refractivity contribution in [1.82, 2.24) is 15.0 Å². The molecule has 7 nitrogen and oxygen atoms in total. The minimum Gasteiger partial charge on any atom is -0.343 e. The molecular weight excluding hydrogens is 327 g/mol. The standard InChI is InChI=1S/C17H17FN4O3/c18-11-1-2-12-13(8-15(23)20-14(12)7-11)17(24)22-5-3-10(4-6-22)16-19-9-25-21-16/h1-2,7,9-10,13H,3-6,8H2,(H,20,23)/t13-/m1/s1.